The van der Waals surface area contributed by atoms with Crippen molar-refractivity contribution in [2.45, 2.75) is 0 Å². The number of carbonyl (C=O) groups excluding carboxylic acids is 2. The molecule has 1 saturated heterocycles. The van der Waals surface area contributed by atoms with Crippen molar-refractivity contribution in [3.05, 3.63) is 68.7 Å². The Morgan fingerprint density at radius 3 is 2.28 bits per heavy atom. The van der Waals surface area contributed by atoms with Crippen molar-refractivity contribution < 1.29 is 9.59 Å². The van der Waals surface area contributed by atoms with Crippen LogP contribution in [0.15, 0.2) is 48.0 Å². The van der Waals surface area contributed by atoms with Gasteiger partial charge in [-0.25, -0.2) is 0 Å². The first-order valence-electron chi connectivity index (χ1n) is 6.99. The Labute approximate surface area is 164 Å². The number of rotatable bonds is 2. The number of halogens is 3. The van der Waals surface area contributed by atoms with Crippen LogP contribution < -0.4 is 10.2 Å². The Morgan fingerprint density at radius 2 is 1.60 bits per heavy atom. The molecule has 1 N–H and O–H groups in total. The summed E-state index contributed by atoms with van der Waals surface area (Å²) in [6.07, 6.45) is 1.39. The van der Waals surface area contributed by atoms with Gasteiger partial charge in [0.1, 0.15) is 5.57 Å². The van der Waals surface area contributed by atoms with E-state index in [1.54, 1.807) is 42.5 Å². The lowest BCUT2D eigenvalue weighted by molar-refractivity contribution is -0.122. The molecule has 3 rings (SSSR count). The monoisotopic (exact) mass is 410 g/mol. The van der Waals surface area contributed by atoms with Gasteiger partial charge in [0.15, 0.2) is 5.11 Å². The van der Waals surface area contributed by atoms with Crippen molar-refractivity contribution in [2.75, 3.05) is 4.90 Å². The lowest BCUT2D eigenvalue weighted by Gasteiger charge is -2.29. The van der Waals surface area contributed by atoms with E-state index in [1.165, 1.54) is 11.0 Å². The number of amides is 2. The van der Waals surface area contributed by atoms with Crippen LogP contribution >= 0.6 is 47.0 Å². The average molecular weight is 412 g/mol. The zero-order chi connectivity index (χ0) is 18.1. The van der Waals surface area contributed by atoms with Crippen molar-refractivity contribution in [3.63, 3.8) is 0 Å². The summed E-state index contributed by atoms with van der Waals surface area (Å²) >= 11 is 23.1. The molecule has 0 atom stereocenters. The van der Waals surface area contributed by atoms with E-state index in [9.17, 15) is 9.59 Å². The number of hydrogen-bond acceptors (Lipinski definition) is 3. The fourth-order valence-electron chi connectivity index (χ4n) is 2.26. The third-order valence-corrected chi connectivity index (χ3v) is 4.56. The zero-order valence-electron chi connectivity index (χ0n) is 12.4. The van der Waals surface area contributed by atoms with E-state index in [4.69, 9.17) is 47.0 Å². The number of hydrogen-bond donors (Lipinski definition) is 1. The third-order valence-electron chi connectivity index (χ3n) is 3.44. The molecule has 0 spiro atoms. The molecular formula is C17H9Cl3N2O2S. The molecule has 0 unspecified atom stereocenters. The van der Waals surface area contributed by atoms with Gasteiger partial charge in [0.05, 0.1) is 5.69 Å². The van der Waals surface area contributed by atoms with E-state index in [0.717, 1.165) is 0 Å². The van der Waals surface area contributed by atoms with E-state index < -0.39 is 11.8 Å². The number of anilines is 1. The van der Waals surface area contributed by atoms with E-state index in [1.807, 2.05) is 0 Å². The Balaban J connectivity index is 2.05. The Hall–Kier alpha value is -1.92. The maximum atomic E-state index is 12.8. The van der Waals surface area contributed by atoms with Crippen LogP contribution in [0, 0.1) is 0 Å². The fraction of sp³-hybridized carbons (Fsp3) is 0. The van der Waals surface area contributed by atoms with E-state index >= 15 is 0 Å². The van der Waals surface area contributed by atoms with Crippen LogP contribution in [-0.2, 0) is 9.59 Å². The summed E-state index contributed by atoms with van der Waals surface area (Å²) in [5, 5.41) is 3.81. The van der Waals surface area contributed by atoms with Crippen LogP contribution in [0.5, 0.6) is 0 Å². The number of benzene rings is 2. The van der Waals surface area contributed by atoms with Gasteiger partial charge in [0.25, 0.3) is 11.8 Å². The summed E-state index contributed by atoms with van der Waals surface area (Å²) in [6, 6.07) is 11.3. The first-order valence-corrected chi connectivity index (χ1v) is 8.53. The predicted molar refractivity (Wildman–Crippen MR) is 104 cm³/mol. The van der Waals surface area contributed by atoms with Crippen molar-refractivity contribution in [3.8, 4) is 0 Å². The third kappa shape index (κ3) is 3.70. The zero-order valence-corrected chi connectivity index (χ0v) is 15.5. The van der Waals surface area contributed by atoms with Crippen molar-refractivity contribution >= 4 is 75.7 Å². The predicted octanol–water partition coefficient (Wildman–Crippen LogP) is 4.48. The lowest BCUT2D eigenvalue weighted by atomic mass is 10.1. The van der Waals surface area contributed by atoms with E-state index in [0.29, 0.717) is 26.3 Å². The van der Waals surface area contributed by atoms with Crippen molar-refractivity contribution in [2.24, 2.45) is 0 Å². The molecular weight excluding hydrogens is 403 g/mol. The normalized spacial score (nSPS) is 16.4. The topological polar surface area (TPSA) is 49.4 Å². The Morgan fingerprint density at radius 1 is 0.960 bits per heavy atom. The summed E-state index contributed by atoms with van der Waals surface area (Å²) < 4.78 is 0. The SMILES string of the molecule is O=C1NC(=S)N(c2ccc(Cl)cc2)C(=O)C1=Cc1cc(Cl)ccc1Cl. The molecule has 4 nitrogen and oxygen atoms in total. The van der Waals surface area contributed by atoms with Crippen molar-refractivity contribution in [1.29, 1.82) is 0 Å². The van der Waals surface area contributed by atoms with Crippen LogP contribution in [0.3, 0.4) is 0 Å². The minimum Gasteiger partial charge on any atom is -0.298 e. The second kappa shape index (κ2) is 7.14. The maximum absolute atomic E-state index is 12.8. The Bertz CT molecular complexity index is 926. The quantitative estimate of drug-likeness (QED) is 0.450. The molecule has 0 aromatic heterocycles. The molecule has 8 heteroatoms. The Kier molecular flexibility index (Phi) is 5.11. The van der Waals surface area contributed by atoms with Gasteiger partial charge in [0, 0.05) is 15.1 Å². The van der Waals surface area contributed by atoms with Gasteiger partial charge in [-0.2, -0.15) is 0 Å². The summed E-state index contributed by atoms with van der Waals surface area (Å²) in [7, 11) is 0. The molecule has 2 amide bonds. The molecule has 25 heavy (non-hydrogen) atoms. The van der Waals surface area contributed by atoms with Crippen LogP contribution in [0.4, 0.5) is 5.69 Å². The van der Waals surface area contributed by atoms with Gasteiger partial charge in [-0.1, -0.05) is 34.8 Å². The average Bonchev–Trinajstić information content (AvgIpc) is 2.56. The minimum atomic E-state index is -0.601. The minimum absolute atomic E-state index is 0.00772. The van der Waals surface area contributed by atoms with Crippen LogP contribution in [0.2, 0.25) is 15.1 Å². The first kappa shape index (κ1) is 17.9. The highest BCUT2D eigenvalue weighted by atomic mass is 35.5. The van der Waals surface area contributed by atoms with E-state index in [-0.39, 0.29) is 10.7 Å². The number of nitrogens with one attached hydrogen (secondary N) is 1. The molecule has 1 fully saturated rings. The highest BCUT2D eigenvalue weighted by Gasteiger charge is 2.34. The lowest BCUT2D eigenvalue weighted by Crippen LogP contribution is -2.54. The maximum Gasteiger partial charge on any atom is 0.270 e. The van der Waals surface area contributed by atoms with Gasteiger partial charge >= 0.3 is 0 Å². The molecule has 1 aliphatic heterocycles. The number of thiocarbonyl (C=S) groups is 1. The van der Waals surface area contributed by atoms with Gasteiger partial charge in [-0.15, -0.1) is 0 Å². The summed E-state index contributed by atoms with van der Waals surface area (Å²) in [4.78, 5) is 26.3. The molecule has 1 aliphatic rings. The molecule has 0 aliphatic carbocycles. The van der Waals surface area contributed by atoms with Gasteiger partial charge in [-0.3, -0.25) is 19.8 Å². The largest absolute Gasteiger partial charge is 0.298 e. The number of carbonyl (C=O) groups is 2. The molecule has 0 bridgehead atoms. The summed E-state index contributed by atoms with van der Waals surface area (Å²) in [6.45, 7) is 0. The van der Waals surface area contributed by atoms with Gasteiger partial charge in [0.2, 0.25) is 0 Å². The van der Waals surface area contributed by atoms with Gasteiger partial charge in [-0.05, 0) is 66.3 Å². The second-order valence-corrected chi connectivity index (χ2v) is 6.77. The summed E-state index contributed by atoms with van der Waals surface area (Å²) in [5.41, 5.74) is 0.840. The molecule has 1 heterocycles. The van der Waals surface area contributed by atoms with Crippen LogP contribution in [0.1, 0.15) is 5.56 Å². The summed E-state index contributed by atoms with van der Waals surface area (Å²) in [5.74, 6) is -1.16. The molecule has 2 aromatic rings. The second-order valence-electron chi connectivity index (χ2n) is 5.10. The first-order chi connectivity index (χ1) is 11.9. The molecule has 0 radical (unpaired) electrons. The smallest absolute Gasteiger partial charge is 0.270 e. The molecule has 126 valence electrons. The molecule has 2 aromatic carbocycles. The standard InChI is InChI=1S/C17H9Cl3N2O2S/c18-10-1-4-12(5-2-10)22-16(24)13(15(23)21-17(22)25)8-9-7-11(19)3-6-14(9)20/h1-8H,(H,21,23,25). The molecule has 0 saturated carbocycles. The number of nitrogens with zero attached hydrogens (tertiary/aromatic N) is 1. The van der Waals surface area contributed by atoms with Crippen LogP contribution in [-0.4, -0.2) is 16.9 Å². The van der Waals surface area contributed by atoms with E-state index in [2.05, 4.69) is 5.32 Å². The van der Waals surface area contributed by atoms with Crippen molar-refractivity contribution in [1.82, 2.24) is 5.32 Å². The van der Waals surface area contributed by atoms with Crippen LogP contribution in [0.25, 0.3) is 6.08 Å². The highest BCUT2D eigenvalue weighted by Crippen LogP contribution is 2.27. The highest BCUT2D eigenvalue weighted by molar-refractivity contribution is 7.80. The fourth-order valence-corrected chi connectivity index (χ4v) is 3.02. The van der Waals surface area contributed by atoms with Gasteiger partial charge < -0.3 is 0 Å².